The van der Waals surface area contributed by atoms with Gasteiger partial charge in [0.2, 0.25) is 20.0 Å². The molecule has 4 heterocycles. The summed E-state index contributed by atoms with van der Waals surface area (Å²) in [6, 6.07) is 1.34. The standard InChI is InChI=1S/C18H27N7O4S2/c1-14-9-17(20-11-18-21-13-22-23(18)2)19-10-16(14)31(28,29)25-7-3-5-15(25)12-24-6-4-8-30(24,26)27/h9-10,13,15H,3-8,11-12H2,1-2H3,(H,19,20)/t15-/m1/s1. The Labute approximate surface area is 182 Å². The quantitative estimate of drug-likeness (QED) is 0.613. The van der Waals surface area contributed by atoms with Crippen LogP contribution in [-0.4, -0.2) is 76.6 Å². The molecule has 31 heavy (non-hydrogen) atoms. The highest BCUT2D eigenvalue weighted by Gasteiger charge is 2.40. The van der Waals surface area contributed by atoms with E-state index in [1.54, 1.807) is 24.7 Å². The number of aryl methyl sites for hydroxylation is 2. The van der Waals surface area contributed by atoms with Crippen molar-refractivity contribution in [1.29, 1.82) is 0 Å². The maximum absolute atomic E-state index is 13.4. The number of hydrogen-bond acceptors (Lipinski definition) is 8. The topological polar surface area (TPSA) is 130 Å². The minimum Gasteiger partial charge on any atom is -0.363 e. The lowest BCUT2D eigenvalue weighted by atomic mass is 10.2. The number of aromatic nitrogens is 4. The summed E-state index contributed by atoms with van der Waals surface area (Å²) < 4.78 is 55.6. The second-order valence-corrected chi connectivity index (χ2v) is 11.9. The van der Waals surface area contributed by atoms with E-state index in [2.05, 4.69) is 20.4 Å². The molecule has 0 amide bonds. The molecule has 2 aliphatic heterocycles. The number of nitrogens with one attached hydrogen (secondary N) is 1. The van der Waals surface area contributed by atoms with Crippen LogP contribution in [0.5, 0.6) is 0 Å². The first-order valence-corrected chi connectivity index (χ1v) is 13.3. The van der Waals surface area contributed by atoms with Crippen LogP contribution >= 0.6 is 0 Å². The molecule has 0 radical (unpaired) electrons. The van der Waals surface area contributed by atoms with Crippen molar-refractivity contribution < 1.29 is 16.8 Å². The molecule has 2 aromatic heterocycles. The normalized spacial score (nSPS) is 22.2. The minimum absolute atomic E-state index is 0.137. The lowest BCUT2D eigenvalue weighted by Crippen LogP contribution is -2.43. The van der Waals surface area contributed by atoms with Crippen LogP contribution in [-0.2, 0) is 33.6 Å². The van der Waals surface area contributed by atoms with Gasteiger partial charge in [0, 0.05) is 38.9 Å². The zero-order chi connectivity index (χ0) is 22.2. The molecule has 0 spiro atoms. The third-order valence-corrected chi connectivity index (χ3v) is 9.83. The molecule has 0 aliphatic carbocycles. The highest BCUT2D eigenvalue weighted by Crippen LogP contribution is 2.30. The molecule has 2 aromatic rings. The van der Waals surface area contributed by atoms with E-state index in [1.807, 2.05) is 0 Å². The van der Waals surface area contributed by atoms with Crippen LogP contribution in [0.2, 0.25) is 0 Å². The van der Waals surface area contributed by atoms with E-state index in [-0.39, 0.29) is 23.2 Å². The highest BCUT2D eigenvalue weighted by atomic mass is 32.2. The van der Waals surface area contributed by atoms with E-state index in [4.69, 9.17) is 0 Å². The molecule has 2 saturated heterocycles. The van der Waals surface area contributed by atoms with Crippen molar-refractivity contribution in [2.45, 2.75) is 43.7 Å². The first-order chi connectivity index (χ1) is 14.7. The Bertz CT molecular complexity index is 1160. The van der Waals surface area contributed by atoms with Crippen molar-refractivity contribution in [2.24, 2.45) is 7.05 Å². The molecule has 0 bridgehead atoms. The Balaban J connectivity index is 1.50. The maximum Gasteiger partial charge on any atom is 0.245 e. The van der Waals surface area contributed by atoms with Gasteiger partial charge in [0.1, 0.15) is 22.9 Å². The summed E-state index contributed by atoms with van der Waals surface area (Å²) >= 11 is 0. The molecule has 170 valence electrons. The molecule has 0 aromatic carbocycles. The van der Waals surface area contributed by atoms with Crippen LogP contribution in [0.1, 0.15) is 30.7 Å². The first-order valence-electron chi connectivity index (χ1n) is 10.2. The number of anilines is 1. The number of pyridine rings is 1. The van der Waals surface area contributed by atoms with Crippen LogP contribution in [0.25, 0.3) is 0 Å². The lowest BCUT2D eigenvalue weighted by molar-refractivity contribution is 0.316. The summed E-state index contributed by atoms with van der Waals surface area (Å²) in [4.78, 5) is 8.56. The molecule has 2 aliphatic rings. The Morgan fingerprint density at radius 2 is 2.03 bits per heavy atom. The molecule has 0 unspecified atom stereocenters. The van der Waals surface area contributed by atoms with Crippen molar-refractivity contribution in [3.63, 3.8) is 0 Å². The van der Waals surface area contributed by atoms with Gasteiger partial charge in [0.25, 0.3) is 0 Å². The predicted molar refractivity (Wildman–Crippen MR) is 114 cm³/mol. The summed E-state index contributed by atoms with van der Waals surface area (Å²) in [6.45, 7) is 3.20. The van der Waals surface area contributed by atoms with Gasteiger partial charge < -0.3 is 5.32 Å². The van der Waals surface area contributed by atoms with E-state index < -0.39 is 20.0 Å². The molecule has 4 rings (SSSR count). The summed E-state index contributed by atoms with van der Waals surface area (Å²) in [5, 5.41) is 7.14. The van der Waals surface area contributed by atoms with Crippen molar-refractivity contribution in [3.8, 4) is 0 Å². The highest BCUT2D eigenvalue weighted by molar-refractivity contribution is 7.89. The van der Waals surface area contributed by atoms with Crippen molar-refractivity contribution >= 4 is 25.9 Å². The molecule has 1 atom stereocenters. The second-order valence-electron chi connectivity index (χ2n) is 7.93. The molecule has 11 nitrogen and oxygen atoms in total. The third kappa shape index (κ3) is 4.45. The van der Waals surface area contributed by atoms with Crippen LogP contribution in [0.3, 0.4) is 0 Å². The van der Waals surface area contributed by atoms with E-state index in [0.717, 1.165) is 5.82 Å². The molecule has 0 saturated carbocycles. The molecular weight excluding hydrogens is 442 g/mol. The number of nitrogens with zero attached hydrogens (tertiary/aromatic N) is 6. The van der Waals surface area contributed by atoms with Gasteiger partial charge in [-0.1, -0.05) is 0 Å². The van der Waals surface area contributed by atoms with Crippen LogP contribution in [0.15, 0.2) is 23.5 Å². The van der Waals surface area contributed by atoms with Gasteiger partial charge in [-0.15, -0.1) is 0 Å². The summed E-state index contributed by atoms with van der Waals surface area (Å²) in [5.74, 6) is 1.41. The first kappa shape index (κ1) is 22.1. The smallest absolute Gasteiger partial charge is 0.245 e. The molecule has 1 N–H and O–H groups in total. The number of sulfonamides is 2. The van der Waals surface area contributed by atoms with Gasteiger partial charge in [-0.25, -0.2) is 31.1 Å². The fourth-order valence-electron chi connectivity index (χ4n) is 4.13. The van der Waals surface area contributed by atoms with Crippen molar-refractivity contribution in [1.82, 2.24) is 28.4 Å². The summed E-state index contributed by atoms with van der Waals surface area (Å²) in [7, 11) is -5.26. The average Bonchev–Trinajstić information content (AvgIpc) is 3.41. The van der Waals surface area contributed by atoms with Gasteiger partial charge in [-0.3, -0.25) is 4.68 Å². The molecule has 13 heteroatoms. The van der Waals surface area contributed by atoms with E-state index in [1.165, 1.54) is 21.1 Å². The Hall–Kier alpha value is -2.09. The molecule has 2 fully saturated rings. The van der Waals surface area contributed by atoms with E-state index in [0.29, 0.717) is 50.3 Å². The fourth-order valence-corrected chi connectivity index (χ4v) is 7.52. The van der Waals surface area contributed by atoms with E-state index in [9.17, 15) is 16.8 Å². The zero-order valence-electron chi connectivity index (χ0n) is 17.6. The summed E-state index contributed by atoms with van der Waals surface area (Å²) in [5.41, 5.74) is 0.579. The largest absolute Gasteiger partial charge is 0.363 e. The van der Waals surface area contributed by atoms with Crippen LogP contribution in [0, 0.1) is 6.92 Å². The Morgan fingerprint density at radius 1 is 1.23 bits per heavy atom. The van der Waals surface area contributed by atoms with Crippen LogP contribution < -0.4 is 5.32 Å². The van der Waals surface area contributed by atoms with Crippen molar-refractivity contribution in [2.75, 3.05) is 30.7 Å². The predicted octanol–water partition coefficient (Wildman–Crippen LogP) is 0.319. The van der Waals surface area contributed by atoms with Crippen LogP contribution in [0.4, 0.5) is 5.82 Å². The minimum atomic E-state index is -3.78. The number of rotatable bonds is 7. The fraction of sp³-hybridized carbons (Fsp3) is 0.611. The maximum atomic E-state index is 13.4. The van der Waals surface area contributed by atoms with Crippen molar-refractivity contribution in [3.05, 3.63) is 30.0 Å². The van der Waals surface area contributed by atoms with Gasteiger partial charge in [0.15, 0.2) is 0 Å². The average molecular weight is 470 g/mol. The van der Waals surface area contributed by atoms with Gasteiger partial charge in [0.05, 0.1) is 12.3 Å². The second kappa shape index (κ2) is 8.45. The lowest BCUT2D eigenvalue weighted by Gasteiger charge is -2.27. The zero-order valence-corrected chi connectivity index (χ0v) is 19.2. The van der Waals surface area contributed by atoms with Gasteiger partial charge >= 0.3 is 0 Å². The van der Waals surface area contributed by atoms with Gasteiger partial charge in [-0.05, 0) is 37.8 Å². The van der Waals surface area contributed by atoms with Gasteiger partial charge in [-0.2, -0.15) is 9.40 Å². The Kier molecular flexibility index (Phi) is 6.03. The summed E-state index contributed by atoms with van der Waals surface area (Å²) in [6.07, 6.45) is 4.78. The van der Waals surface area contributed by atoms with E-state index >= 15 is 0 Å². The number of hydrogen-bond donors (Lipinski definition) is 1. The third-order valence-electron chi connectivity index (χ3n) is 5.82. The SMILES string of the molecule is Cc1cc(NCc2ncnn2C)ncc1S(=O)(=O)N1CCC[C@@H]1CN1CCCS1(=O)=O. The monoisotopic (exact) mass is 469 g/mol. The Morgan fingerprint density at radius 3 is 2.68 bits per heavy atom. The molecular formula is C18H27N7O4S2.